The molecule has 1 aliphatic rings. The van der Waals surface area contributed by atoms with Gasteiger partial charge in [-0.1, -0.05) is 30.3 Å². The summed E-state index contributed by atoms with van der Waals surface area (Å²) in [7, 11) is -3.12. The summed E-state index contributed by atoms with van der Waals surface area (Å²) in [4.78, 5) is 10.8. The fourth-order valence-corrected chi connectivity index (χ4v) is 3.39. The van der Waals surface area contributed by atoms with Crippen molar-refractivity contribution in [2.24, 2.45) is 5.92 Å². The molecule has 0 unspecified atom stereocenters. The Labute approximate surface area is 144 Å². The van der Waals surface area contributed by atoms with Gasteiger partial charge in [-0.15, -0.1) is 0 Å². The molecule has 0 amide bonds. The van der Waals surface area contributed by atoms with Crippen LogP contribution in [0.2, 0.25) is 0 Å². The molecule has 136 valence electrons. The average molecular weight is 356 g/mol. The normalized spacial score (nSPS) is 16.5. The number of nitrogens with zero attached hydrogens (tertiary/aromatic N) is 1. The van der Waals surface area contributed by atoms with Crippen LogP contribution in [0.15, 0.2) is 30.3 Å². The molecule has 1 heterocycles. The molecule has 6 nitrogen and oxygen atoms in total. The highest BCUT2D eigenvalue weighted by Crippen LogP contribution is 2.18. The maximum absolute atomic E-state index is 11.8. The molecule has 1 aromatic rings. The van der Waals surface area contributed by atoms with Crippen molar-refractivity contribution in [3.05, 3.63) is 35.9 Å². The van der Waals surface area contributed by atoms with Crippen molar-refractivity contribution >= 4 is 16.5 Å². The van der Waals surface area contributed by atoms with Crippen molar-refractivity contribution in [2.75, 3.05) is 19.6 Å². The molecule has 0 saturated carbocycles. The second kappa shape index (κ2) is 10.4. The molecular formula is C17H28N2O4S. The average Bonchev–Trinajstić information content (AvgIpc) is 2.56. The van der Waals surface area contributed by atoms with Gasteiger partial charge in [0, 0.05) is 13.1 Å². The van der Waals surface area contributed by atoms with Crippen LogP contribution in [0.25, 0.3) is 0 Å². The van der Waals surface area contributed by atoms with E-state index < -0.39 is 10.0 Å². The summed E-state index contributed by atoms with van der Waals surface area (Å²) in [5.41, 5.74) is 1.34. The molecule has 0 bridgehead atoms. The number of likely N-dealkylation sites (tertiary alicyclic amines) is 1. The summed E-state index contributed by atoms with van der Waals surface area (Å²) in [6, 6.07) is 10.5. The van der Waals surface area contributed by atoms with Crippen LogP contribution in [0.3, 0.4) is 0 Å². The molecule has 1 aliphatic heterocycles. The third-order valence-electron chi connectivity index (χ3n) is 4.15. The molecule has 0 aromatic heterocycles. The van der Waals surface area contributed by atoms with Crippen LogP contribution >= 0.6 is 0 Å². The molecular weight excluding hydrogens is 328 g/mol. The Balaban J connectivity index is 0.000000891. The second-order valence-corrected chi connectivity index (χ2v) is 8.57. The standard InChI is InChI=1S/C16H26N2O2S.CH2O2/c1-14(2)21(19,20)17-12-15-8-10-18(11-9-15)13-16-6-4-3-5-7-16;2-1-3/h3-7,14-15,17H,8-13H2,1-2H3;1H,(H,2,3). The Hall–Kier alpha value is -1.44. The minimum Gasteiger partial charge on any atom is -0.483 e. The number of rotatable bonds is 6. The molecule has 2 rings (SSSR count). The number of nitrogens with one attached hydrogen (secondary N) is 1. The number of sulfonamides is 1. The van der Waals surface area contributed by atoms with E-state index in [1.165, 1.54) is 5.56 Å². The molecule has 0 spiro atoms. The topological polar surface area (TPSA) is 86.7 Å². The predicted molar refractivity (Wildman–Crippen MR) is 95.2 cm³/mol. The highest BCUT2D eigenvalue weighted by Gasteiger charge is 2.22. The minimum absolute atomic E-state index is 0.250. The summed E-state index contributed by atoms with van der Waals surface area (Å²) in [5.74, 6) is 0.463. The summed E-state index contributed by atoms with van der Waals surface area (Å²) >= 11 is 0. The number of hydrogen-bond donors (Lipinski definition) is 2. The molecule has 0 atom stereocenters. The molecule has 0 aliphatic carbocycles. The van der Waals surface area contributed by atoms with Crippen molar-refractivity contribution in [2.45, 2.75) is 38.5 Å². The van der Waals surface area contributed by atoms with Crippen LogP contribution in [0.4, 0.5) is 0 Å². The van der Waals surface area contributed by atoms with Gasteiger partial charge >= 0.3 is 0 Å². The molecule has 1 fully saturated rings. The van der Waals surface area contributed by atoms with E-state index in [9.17, 15) is 8.42 Å². The van der Waals surface area contributed by atoms with Crippen LogP contribution in [-0.2, 0) is 21.4 Å². The Morgan fingerprint density at radius 3 is 2.29 bits per heavy atom. The number of hydrogen-bond acceptors (Lipinski definition) is 4. The molecule has 24 heavy (non-hydrogen) atoms. The zero-order valence-corrected chi connectivity index (χ0v) is 15.2. The van der Waals surface area contributed by atoms with Crippen molar-refractivity contribution in [3.63, 3.8) is 0 Å². The summed E-state index contributed by atoms with van der Waals surface area (Å²) < 4.78 is 26.3. The first-order valence-corrected chi connectivity index (χ1v) is 9.76. The lowest BCUT2D eigenvalue weighted by Gasteiger charge is -2.32. The molecule has 1 saturated heterocycles. The SMILES string of the molecule is CC(C)S(=O)(=O)NCC1CCN(Cc2ccccc2)CC1.O=CO. The first-order chi connectivity index (χ1) is 11.4. The van der Waals surface area contributed by atoms with Crippen LogP contribution in [0.1, 0.15) is 32.3 Å². The fraction of sp³-hybridized carbons (Fsp3) is 0.588. The van der Waals surface area contributed by atoms with E-state index in [2.05, 4.69) is 33.9 Å². The van der Waals surface area contributed by atoms with Gasteiger partial charge in [0.05, 0.1) is 5.25 Å². The maximum atomic E-state index is 11.8. The van der Waals surface area contributed by atoms with E-state index in [0.717, 1.165) is 32.5 Å². The Kier molecular flexibility index (Phi) is 8.95. The number of carbonyl (C=O) groups is 1. The fourth-order valence-electron chi connectivity index (χ4n) is 2.59. The van der Waals surface area contributed by atoms with Gasteiger partial charge in [0.15, 0.2) is 0 Å². The van der Waals surface area contributed by atoms with Gasteiger partial charge < -0.3 is 5.11 Å². The van der Waals surface area contributed by atoms with Gasteiger partial charge in [-0.25, -0.2) is 13.1 Å². The van der Waals surface area contributed by atoms with E-state index in [1.54, 1.807) is 13.8 Å². The number of piperidine rings is 1. The van der Waals surface area contributed by atoms with E-state index >= 15 is 0 Å². The van der Waals surface area contributed by atoms with Gasteiger partial charge in [0.1, 0.15) is 0 Å². The van der Waals surface area contributed by atoms with E-state index in [-0.39, 0.29) is 11.7 Å². The van der Waals surface area contributed by atoms with Crippen molar-refractivity contribution in [3.8, 4) is 0 Å². The maximum Gasteiger partial charge on any atom is 0.290 e. The van der Waals surface area contributed by atoms with E-state index in [1.807, 2.05) is 6.07 Å². The first-order valence-electron chi connectivity index (χ1n) is 8.21. The molecule has 0 radical (unpaired) electrons. The van der Waals surface area contributed by atoms with Gasteiger partial charge in [-0.2, -0.15) is 0 Å². The van der Waals surface area contributed by atoms with Crippen LogP contribution in [0.5, 0.6) is 0 Å². The Bertz CT molecular complexity index is 568. The van der Waals surface area contributed by atoms with Crippen LogP contribution < -0.4 is 4.72 Å². The highest BCUT2D eigenvalue weighted by atomic mass is 32.2. The lowest BCUT2D eigenvalue weighted by molar-refractivity contribution is -0.122. The van der Waals surface area contributed by atoms with Crippen molar-refractivity contribution < 1.29 is 18.3 Å². The summed E-state index contributed by atoms with van der Waals surface area (Å²) in [6.45, 7) is 6.84. The highest BCUT2D eigenvalue weighted by molar-refractivity contribution is 7.90. The molecule has 1 aromatic carbocycles. The third-order valence-corrected chi connectivity index (χ3v) is 5.96. The Morgan fingerprint density at radius 1 is 1.25 bits per heavy atom. The Morgan fingerprint density at radius 2 is 1.79 bits per heavy atom. The van der Waals surface area contributed by atoms with Crippen LogP contribution in [0, 0.1) is 5.92 Å². The monoisotopic (exact) mass is 356 g/mol. The second-order valence-electron chi connectivity index (χ2n) is 6.25. The lowest BCUT2D eigenvalue weighted by Crippen LogP contribution is -2.40. The van der Waals surface area contributed by atoms with E-state index in [0.29, 0.717) is 12.5 Å². The predicted octanol–water partition coefficient (Wildman–Crippen LogP) is 1.93. The third kappa shape index (κ3) is 7.42. The zero-order valence-electron chi connectivity index (χ0n) is 14.4. The summed E-state index contributed by atoms with van der Waals surface area (Å²) in [6.07, 6.45) is 2.13. The first kappa shape index (κ1) is 20.6. The molecule has 7 heteroatoms. The summed E-state index contributed by atoms with van der Waals surface area (Å²) in [5, 5.41) is 6.54. The van der Waals surface area contributed by atoms with Gasteiger partial charge in [-0.3, -0.25) is 9.69 Å². The zero-order chi connectivity index (χ0) is 18.0. The lowest BCUT2D eigenvalue weighted by atomic mass is 9.97. The smallest absolute Gasteiger partial charge is 0.290 e. The van der Waals surface area contributed by atoms with Crippen molar-refractivity contribution in [1.29, 1.82) is 0 Å². The van der Waals surface area contributed by atoms with Gasteiger partial charge in [0.2, 0.25) is 10.0 Å². The van der Waals surface area contributed by atoms with E-state index in [4.69, 9.17) is 9.90 Å². The quantitative estimate of drug-likeness (QED) is 0.761. The number of carboxylic acid groups (broad SMARTS) is 1. The van der Waals surface area contributed by atoms with Gasteiger partial charge in [-0.05, 0) is 51.3 Å². The molecule has 2 N–H and O–H groups in total. The number of benzene rings is 1. The largest absolute Gasteiger partial charge is 0.483 e. The van der Waals surface area contributed by atoms with Crippen molar-refractivity contribution in [1.82, 2.24) is 9.62 Å². The van der Waals surface area contributed by atoms with Crippen LogP contribution in [-0.4, -0.2) is 49.8 Å². The van der Waals surface area contributed by atoms with Gasteiger partial charge in [0.25, 0.3) is 6.47 Å². The minimum atomic E-state index is -3.12.